The molecule has 1 heterocycles. The highest BCUT2D eigenvalue weighted by atomic mass is 32.1. The summed E-state index contributed by atoms with van der Waals surface area (Å²) in [6, 6.07) is 0. The second-order valence-electron chi connectivity index (χ2n) is 1.70. The molecule has 0 fully saturated rings. The SMILES string of the molecule is O=C=NCCc1cscn1. The monoisotopic (exact) mass is 154 g/mol. The zero-order chi connectivity index (χ0) is 7.23. The van der Waals surface area contributed by atoms with Gasteiger partial charge in [-0.1, -0.05) is 0 Å². The summed E-state index contributed by atoms with van der Waals surface area (Å²) in [5, 5.41) is 1.94. The minimum atomic E-state index is 0.493. The van der Waals surface area contributed by atoms with E-state index in [1.54, 1.807) is 16.8 Å². The van der Waals surface area contributed by atoms with Gasteiger partial charge in [0.1, 0.15) is 0 Å². The van der Waals surface area contributed by atoms with Crippen LogP contribution in [0.4, 0.5) is 0 Å². The maximum atomic E-state index is 9.62. The summed E-state index contributed by atoms with van der Waals surface area (Å²) in [5.74, 6) is 0. The number of rotatable bonds is 3. The Kier molecular flexibility index (Phi) is 2.80. The number of thiazole rings is 1. The van der Waals surface area contributed by atoms with Crippen LogP contribution in [0.2, 0.25) is 0 Å². The number of isocyanates is 1. The summed E-state index contributed by atoms with van der Waals surface area (Å²) in [6.45, 7) is 0.493. The molecule has 3 nitrogen and oxygen atoms in total. The molecule has 0 aliphatic rings. The van der Waals surface area contributed by atoms with Crippen LogP contribution in [0, 0.1) is 0 Å². The van der Waals surface area contributed by atoms with Crippen molar-refractivity contribution in [1.82, 2.24) is 4.98 Å². The zero-order valence-electron chi connectivity index (χ0n) is 5.28. The van der Waals surface area contributed by atoms with Crippen molar-refractivity contribution in [2.75, 3.05) is 6.54 Å². The number of aliphatic imine (C=N–C) groups is 1. The highest BCUT2D eigenvalue weighted by molar-refractivity contribution is 7.07. The van der Waals surface area contributed by atoms with Gasteiger partial charge < -0.3 is 0 Å². The van der Waals surface area contributed by atoms with Gasteiger partial charge in [0.15, 0.2) is 0 Å². The molecular formula is C6H6N2OS. The third-order valence-electron chi connectivity index (χ3n) is 1.03. The molecule has 1 aromatic rings. The molecule has 4 heteroatoms. The van der Waals surface area contributed by atoms with Gasteiger partial charge >= 0.3 is 0 Å². The van der Waals surface area contributed by atoms with E-state index in [1.807, 2.05) is 5.38 Å². The fraction of sp³-hybridized carbons (Fsp3) is 0.333. The second kappa shape index (κ2) is 3.93. The summed E-state index contributed by atoms with van der Waals surface area (Å²) in [4.78, 5) is 17.0. The maximum Gasteiger partial charge on any atom is 0.234 e. The standard InChI is InChI=1S/C6H6N2OS/c9-4-7-2-1-6-3-10-5-8-6/h3,5H,1-2H2. The van der Waals surface area contributed by atoms with Crippen LogP contribution >= 0.6 is 11.3 Å². The van der Waals surface area contributed by atoms with Crippen molar-refractivity contribution < 1.29 is 4.79 Å². The zero-order valence-corrected chi connectivity index (χ0v) is 6.10. The van der Waals surface area contributed by atoms with Crippen LogP contribution in [0.1, 0.15) is 5.69 Å². The second-order valence-corrected chi connectivity index (χ2v) is 2.42. The van der Waals surface area contributed by atoms with Crippen LogP contribution in [0.15, 0.2) is 15.9 Å². The third-order valence-corrected chi connectivity index (χ3v) is 1.66. The Labute approximate surface area is 62.4 Å². The molecule has 0 aliphatic heterocycles. The van der Waals surface area contributed by atoms with Crippen molar-refractivity contribution in [2.24, 2.45) is 4.99 Å². The van der Waals surface area contributed by atoms with Gasteiger partial charge in [-0.3, -0.25) is 0 Å². The lowest BCUT2D eigenvalue weighted by Gasteiger charge is -1.85. The van der Waals surface area contributed by atoms with Crippen LogP contribution in [0.5, 0.6) is 0 Å². The number of hydrogen-bond acceptors (Lipinski definition) is 4. The fourth-order valence-corrected chi connectivity index (χ4v) is 1.17. The molecule has 0 amide bonds. The number of nitrogens with zero attached hydrogens (tertiary/aromatic N) is 2. The normalized spacial score (nSPS) is 8.80. The molecule has 1 aromatic heterocycles. The van der Waals surface area contributed by atoms with Gasteiger partial charge in [-0.05, 0) is 0 Å². The molecule has 0 radical (unpaired) electrons. The lowest BCUT2D eigenvalue weighted by Crippen LogP contribution is -1.87. The Bertz CT molecular complexity index is 226. The van der Waals surface area contributed by atoms with Crippen LogP contribution in [-0.2, 0) is 11.2 Å². The highest BCUT2D eigenvalue weighted by Gasteiger charge is 1.91. The molecule has 0 aliphatic carbocycles. The minimum Gasteiger partial charge on any atom is -0.250 e. The van der Waals surface area contributed by atoms with Gasteiger partial charge in [-0.15, -0.1) is 11.3 Å². The molecule has 0 bridgehead atoms. The summed E-state index contributed by atoms with van der Waals surface area (Å²) in [6.07, 6.45) is 2.22. The van der Waals surface area contributed by atoms with E-state index in [-0.39, 0.29) is 0 Å². The summed E-state index contributed by atoms with van der Waals surface area (Å²) >= 11 is 1.55. The first-order chi connectivity index (χ1) is 4.93. The maximum absolute atomic E-state index is 9.62. The average Bonchev–Trinajstić information content (AvgIpc) is 2.41. The minimum absolute atomic E-state index is 0.493. The van der Waals surface area contributed by atoms with Crippen molar-refractivity contribution in [3.05, 3.63) is 16.6 Å². The van der Waals surface area contributed by atoms with Gasteiger partial charge in [0.05, 0.1) is 17.7 Å². The Hall–Kier alpha value is -0.990. The Morgan fingerprint density at radius 2 is 2.70 bits per heavy atom. The predicted molar refractivity (Wildman–Crippen MR) is 38.8 cm³/mol. The Balaban J connectivity index is 2.34. The number of carbonyl (C=O) groups excluding carboxylic acids is 1. The van der Waals surface area contributed by atoms with Gasteiger partial charge in [0.25, 0.3) is 0 Å². The van der Waals surface area contributed by atoms with Crippen LogP contribution in [0.25, 0.3) is 0 Å². The molecule has 10 heavy (non-hydrogen) atoms. The van der Waals surface area contributed by atoms with Crippen LogP contribution < -0.4 is 0 Å². The fourth-order valence-electron chi connectivity index (χ4n) is 0.577. The van der Waals surface area contributed by atoms with Crippen molar-refractivity contribution in [3.8, 4) is 0 Å². The van der Waals surface area contributed by atoms with E-state index in [9.17, 15) is 4.79 Å². The molecule has 52 valence electrons. The van der Waals surface area contributed by atoms with E-state index >= 15 is 0 Å². The quantitative estimate of drug-likeness (QED) is 0.482. The average molecular weight is 154 g/mol. The first-order valence-electron chi connectivity index (χ1n) is 2.84. The molecule has 1 rings (SSSR count). The van der Waals surface area contributed by atoms with Gasteiger partial charge in [0.2, 0.25) is 6.08 Å². The summed E-state index contributed by atoms with van der Waals surface area (Å²) < 4.78 is 0. The van der Waals surface area contributed by atoms with E-state index in [2.05, 4.69) is 9.98 Å². The van der Waals surface area contributed by atoms with E-state index < -0.39 is 0 Å². The van der Waals surface area contributed by atoms with E-state index in [0.717, 1.165) is 12.1 Å². The summed E-state index contributed by atoms with van der Waals surface area (Å²) in [5.41, 5.74) is 2.75. The van der Waals surface area contributed by atoms with Crippen LogP contribution in [-0.4, -0.2) is 17.6 Å². The van der Waals surface area contributed by atoms with Gasteiger partial charge in [-0.25, -0.2) is 14.8 Å². The molecule has 0 saturated carbocycles. The van der Waals surface area contributed by atoms with Crippen molar-refractivity contribution >= 4 is 17.4 Å². The highest BCUT2D eigenvalue weighted by Crippen LogP contribution is 2.00. The van der Waals surface area contributed by atoms with Gasteiger partial charge in [-0.2, -0.15) is 0 Å². The predicted octanol–water partition coefficient (Wildman–Crippen LogP) is 1.02. The lowest BCUT2D eigenvalue weighted by molar-refractivity contribution is 0.563. The molecule has 0 N–H and O–H groups in total. The van der Waals surface area contributed by atoms with Crippen molar-refractivity contribution in [2.45, 2.75) is 6.42 Å². The summed E-state index contributed by atoms with van der Waals surface area (Å²) in [7, 11) is 0. The molecular weight excluding hydrogens is 148 g/mol. The van der Waals surface area contributed by atoms with Crippen LogP contribution in [0.3, 0.4) is 0 Å². The molecule has 0 unspecified atom stereocenters. The first-order valence-corrected chi connectivity index (χ1v) is 3.78. The first kappa shape index (κ1) is 7.12. The lowest BCUT2D eigenvalue weighted by atomic mass is 10.3. The molecule has 0 saturated heterocycles. The van der Waals surface area contributed by atoms with Gasteiger partial charge in [0, 0.05) is 11.8 Å². The number of aromatic nitrogens is 1. The van der Waals surface area contributed by atoms with Crippen molar-refractivity contribution in [3.63, 3.8) is 0 Å². The topological polar surface area (TPSA) is 42.3 Å². The smallest absolute Gasteiger partial charge is 0.234 e. The Morgan fingerprint density at radius 3 is 3.30 bits per heavy atom. The molecule has 0 atom stereocenters. The third kappa shape index (κ3) is 2.09. The van der Waals surface area contributed by atoms with Crippen molar-refractivity contribution in [1.29, 1.82) is 0 Å². The van der Waals surface area contributed by atoms with E-state index in [0.29, 0.717) is 6.54 Å². The Morgan fingerprint density at radius 1 is 1.80 bits per heavy atom. The van der Waals surface area contributed by atoms with E-state index in [1.165, 1.54) is 6.08 Å². The molecule has 0 spiro atoms. The largest absolute Gasteiger partial charge is 0.250 e. The number of hydrogen-bond donors (Lipinski definition) is 0. The van der Waals surface area contributed by atoms with E-state index in [4.69, 9.17) is 0 Å². The molecule has 0 aromatic carbocycles.